The number of benzene rings is 1. The van der Waals surface area contributed by atoms with Crippen LogP contribution in [0.4, 0.5) is 14.5 Å². The largest absolute Gasteiger partial charge is 0.465 e. The molecule has 2 aromatic rings. The SMILES string of the molecule is COC(=O)c1ccnc2ccc(N3CCC(F)(F)CC3C)cc12. The Labute approximate surface area is 133 Å². The quantitative estimate of drug-likeness (QED) is 0.792. The molecule has 0 N–H and O–H groups in total. The molecule has 0 spiro atoms. The van der Waals surface area contributed by atoms with E-state index < -0.39 is 11.9 Å². The van der Waals surface area contributed by atoms with Gasteiger partial charge in [-0.2, -0.15) is 0 Å². The molecule has 0 saturated carbocycles. The highest BCUT2D eigenvalue weighted by Gasteiger charge is 2.38. The molecule has 1 atom stereocenters. The maximum atomic E-state index is 13.5. The summed E-state index contributed by atoms with van der Waals surface area (Å²) in [4.78, 5) is 18.1. The van der Waals surface area contributed by atoms with Crippen LogP contribution in [0.25, 0.3) is 10.9 Å². The Bertz CT molecular complexity index is 748. The molecule has 0 amide bonds. The molecular formula is C17H18F2N2O2. The first-order valence-electron chi connectivity index (χ1n) is 7.53. The van der Waals surface area contributed by atoms with Crippen molar-refractivity contribution in [1.29, 1.82) is 0 Å². The summed E-state index contributed by atoms with van der Waals surface area (Å²) in [7, 11) is 1.33. The minimum Gasteiger partial charge on any atom is -0.465 e. The third-order valence-corrected chi connectivity index (χ3v) is 4.31. The van der Waals surface area contributed by atoms with Crippen molar-refractivity contribution < 1.29 is 18.3 Å². The summed E-state index contributed by atoms with van der Waals surface area (Å²) in [5.74, 6) is -3.04. The molecule has 0 aliphatic carbocycles. The van der Waals surface area contributed by atoms with Crippen molar-refractivity contribution in [3.63, 3.8) is 0 Å². The second-order valence-electron chi connectivity index (χ2n) is 5.90. The number of pyridine rings is 1. The molecule has 1 aliphatic heterocycles. The Morgan fingerprint density at radius 2 is 2.17 bits per heavy atom. The van der Waals surface area contributed by atoms with Gasteiger partial charge in [-0.15, -0.1) is 0 Å². The molecule has 1 fully saturated rings. The van der Waals surface area contributed by atoms with Gasteiger partial charge in [-0.25, -0.2) is 13.6 Å². The van der Waals surface area contributed by atoms with E-state index in [9.17, 15) is 13.6 Å². The third-order valence-electron chi connectivity index (χ3n) is 4.31. The number of fused-ring (bicyclic) bond motifs is 1. The smallest absolute Gasteiger partial charge is 0.338 e. The van der Waals surface area contributed by atoms with Crippen LogP contribution >= 0.6 is 0 Å². The summed E-state index contributed by atoms with van der Waals surface area (Å²) >= 11 is 0. The van der Waals surface area contributed by atoms with E-state index in [-0.39, 0.29) is 25.4 Å². The molecule has 0 radical (unpaired) electrons. The number of alkyl halides is 2. The lowest BCUT2D eigenvalue weighted by Crippen LogP contribution is -2.45. The lowest BCUT2D eigenvalue weighted by atomic mass is 9.98. The highest BCUT2D eigenvalue weighted by molar-refractivity contribution is 6.04. The first kappa shape index (κ1) is 15.6. The van der Waals surface area contributed by atoms with Crippen molar-refractivity contribution in [2.24, 2.45) is 0 Å². The summed E-state index contributed by atoms with van der Waals surface area (Å²) in [5.41, 5.74) is 1.92. The van der Waals surface area contributed by atoms with Gasteiger partial charge in [-0.05, 0) is 31.2 Å². The number of esters is 1. The summed E-state index contributed by atoms with van der Waals surface area (Å²) in [6, 6.07) is 6.82. The number of carbonyl (C=O) groups is 1. The van der Waals surface area contributed by atoms with Crippen LogP contribution in [-0.2, 0) is 4.74 Å². The van der Waals surface area contributed by atoms with E-state index in [0.29, 0.717) is 16.5 Å². The van der Waals surface area contributed by atoms with Crippen LogP contribution in [0.15, 0.2) is 30.5 Å². The van der Waals surface area contributed by atoms with Crippen LogP contribution in [0.1, 0.15) is 30.1 Å². The van der Waals surface area contributed by atoms with E-state index in [4.69, 9.17) is 4.74 Å². The van der Waals surface area contributed by atoms with Gasteiger partial charge in [0.1, 0.15) is 0 Å². The molecular weight excluding hydrogens is 302 g/mol. The standard InChI is InChI=1S/C17H18F2N2O2/c1-11-10-17(18,19)6-8-21(11)12-3-4-15-14(9-12)13(5-7-20-15)16(22)23-2/h3-5,7,9,11H,6,8,10H2,1-2H3. The van der Waals surface area contributed by atoms with Gasteiger partial charge in [-0.3, -0.25) is 4.98 Å². The van der Waals surface area contributed by atoms with Gasteiger partial charge in [-0.1, -0.05) is 0 Å². The van der Waals surface area contributed by atoms with Gasteiger partial charge in [0.05, 0.1) is 18.2 Å². The summed E-state index contributed by atoms with van der Waals surface area (Å²) in [6.45, 7) is 2.08. The maximum Gasteiger partial charge on any atom is 0.338 e. The summed E-state index contributed by atoms with van der Waals surface area (Å²) in [5, 5.41) is 0.668. The molecule has 122 valence electrons. The second-order valence-corrected chi connectivity index (χ2v) is 5.90. The van der Waals surface area contributed by atoms with Crippen LogP contribution in [0, 0.1) is 0 Å². The number of nitrogens with zero attached hydrogens (tertiary/aromatic N) is 2. The number of hydrogen-bond acceptors (Lipinski definition) is 4. The number of carbonyl (C=O) groups excluding carboxylic acids is 1. The van der Waals surface area contributed by atoms with Crippen molar-refractivity contribution in [3.05, 3.63) is 36.0 Å². The fraction of sp³-hybridized carbons (Fsp3) is 0.412. The third kappa shape index (κ3) is 2.98. The number of hydrogen-bond donors (Lipinski definition) is 0. The van der Waals surface area contributed by atoms with Crippen molar-refractivity contribution in [1.82, 2.24) is 4.98 Å². The van der Waals surface area contributed by atoms with Gasteiger partial charge < -0.3 is 9.64 Å². The number of methoxy groups -OCH3 is 1. The Morgan fingerprint density at radius 3 is 2.87 bits per heavy atom. The number of piperidine rings is 1. The number of ether oxygens (including phenoxy) is 1. The molecule has 1 aromatic carbocycles. The molecule has 4 nitrogen and oxygen atoms in total. The topological polar surface area (TPSA) is 42.4 Å². The van der Waals surface area contributed by atoms with Crippen LogP contribution in [-0.4, -0.2) is 36.6 Å². The first-order valence-corrected chi connectivity index (χ1v) is 7.53. The highest BCUT2D eigenvalue weighted by Crippen LogP contribution is 2.35. The Hall–Kier alpha value is -2.24. The first-order chi connectivity index (χ1) is 10.9. The number of rotatable bonds is 2. The molecule has 1 unspecified atom stereocenters. The van der Waals surface area contributed by atoms with Gasteiger partial charge >= 0.3 is 5.97 Å². The Morgan fingerprint density at radius 1 is 1.39 bits per heavy atom. The molecule has 1 aromatic heterocycles. The van der Waals surface area contributed by atoms with E-state index in [2.05, 4.69) is 4.98 Å². The van der Waals surface area contributed by atoms with E-state index in [1.54, 1.807) is 25.3 Å². The predicted molar refractivity (Wildman–Crippen MR) is 84.1 cm³/mol. The van der Waals surface area contributed by atoms with Crippen LogP contribution in [0.5, 0.6) is 0 Å². The molecule has 2 heterocycles. The average molecular weight is 320 g/mol. The van der Waals surface area contributed by atoms with Crippen molar-refractivity contribution in [3.8, 4) is 0 Å². The van der Waals surface area contributed by atoms with Crippen molar-refractivity contribution in [2.45, 2.75) is 31.7 Å². The minimum atomic E-state index is -2.61. The molecule has 23 heavy (non-hydrogen) atoms. The fourth-order valence-electron chi connectivity index (χ4n) is 3.13. The van der Waals surface area contributed by atoms with Crippen molar-refractivity contribution in [2.75, 3.05) is 18.6 Å². The van der Waals surface area contributed by atoms with Gasteiger partial charge in [0.2, 0.25) is 0 Å². The number of halogens is 2. The van der Waals surface area contributed by atoms with E-state index in [1.165, 1.54) is 7.11 Å². The lowest BCUT2D eigenvalue weighted by molar-refractivity contribution is -0.0318. The highest BCUT2D eigenvalue weighted by atomic mass is 19.3. The molecule has 3 rings (SSSR count). The van der Waals surface area contributed by atoms with E-state index in [0.717, 1.165) is 5.69 Å². The predicted octanol–water partition coefficient (Wildman–Crippen LogP) is 3.65. The molecule has 1 aliphatic rings. The second kappa shape index (κ2) is 5.76. The zero-order chi connectivity index (χ0) is 16.6. The average Bonchev–Trinajstić information content (AvgIpc) is 2.52. The summed E-state index contributed by atoms with van der Waals surface area (Å²) in [6.07, 6.45) is 1.23. The van der Waals surface area contributed by atoms with Crippen molar-refractivity contribution >= 4 is 22.6 Å². The normalized spacial score (nSPS) is 20.5. The zero-order valence-electron chi connectivity index (χ0n) is 13.1. The molecule has 0 bridgehead atoms. The Balaban J connectivity index is 2.01. The zero-order valence-corrected chi connectivity index (χ0v) is 13.1. The minimum absolute atomic E-state index is 0.160. The van der Waals surface area contributed by atoms with E-state index in [1.807, 2.05) is 17.0 Å². The summed E-state index contributed by atoms with van der Waals surface area (Å²) < 4.78 is 31.8. The fourth-order valence-corrected chi connectivity index (χ4v) is 3.13. The van der Waals surface area contributed by atoms with Gasteiger partial charge in [0.25, 0.3) is 5.92 Å². The maximum absolute atomic E-state index is 13.5. The van der Waals surface area contributed by atoms with Gasteiger partial charge in [0, 0.05) is 42.7 Å². The van der Waals surface area contributed by atoms with E-state index >= 15 is 0 Å². The lowest BCUT2D eigenvalue weighted by Gasteiger charge is -2.39. The number of anilines is 1. The molecule has 1 saturated heterocycles. The monoisotopic (exact) mass is 320 g/mol. The van der Waals surface area contributed by atoms with Crippen LogP contribution in [0.2, 0.25) is 0 Å². The van der Waals surface area contributed by atoms with Gasteiger partial charge in [0.15, 0.2) is 0 Å². The Kier molecular flexibility index (Phi) is 3.92. The van der Waals surface area contributed by atoms with Crippen LogP contribution < -0.4 is 4.90 Å². The molecule has 6 heteroatoms. The van der Waals surface area contributed by atoms with Crippen LogP contribution in [0.3, 0.4) is 0 Å². The number of aromatic nitrogens is 1.